The maximum atomic E-state index is 13.9. The first-order chi connectivity index (χ1) is 8.82. The second kappa shape index (κ2) is 5.05. The Morgan fingerprint density at radius 1 is 1.47 bits per heavy atom. The van der Waals surface area contributed by atoms with Gasteiger partial charge in [0, 0.05) is 11.6 Å². The topological polar surface area (TPSA) is 46.3 Å². The quantitative estimate of drug-likeness (QED) is 0.864. The van der Waals surface area contributed by atoms with Gasteiger partial charge in [0.25, 0.3) is 0 Å². The number of primary amides is 1. The monoisotopic (exact) mass is 280 g/mol. The first-order valence-electron chi connectivity index (χ1n) is 6.61. The number of benzene rings is 1. The van der Waals surface area contributed by atoms with Crippen molar-refractivity contribution in [2.45, 2.75) is 38.1 Å². The molecule has 0 saturated carbocycles. The minimum Gasteiger partial charge on any atom is -0.368 e. The lowest BCUT2D eigenvalue weighted by Gasteiger charge is -2.30. The summed E-state index contributed by atoms with van der Waals surface area (Å²) < 4.78 is 13.9. The molecule has 0 aromatic heterocycles. The molecule has 3 nitrogen and oxygen atoms in total. The molecule has 104 valence electrons. The SMILES string of the molecule is C[C@H](c1ccccc1F)N1C[Si](C)(C)CC1C(N)=O. The number of halogens is 1. The van der Waals surface area contributed by atoms with Crippen molar-refractivity contribution < 1.29 is 9.18 Å². The molecule has 0 bridgehead atoms. The maximum Gasteiger partial charge on any atom is 0.234 e. The van der Waals surface area contributed by atoms with E-state index in [1.807, 2.05) is 13.0 Å². The van der Waals surface area contributed by atoms with Gasteiger partial charge in [0.15, 0.2) is 0 Å². The second-order valence-corrected chi connectivity index (χ2v) is 11.2. The smallest absolute Gasteiger partial charge is 0.234 e. The average Bonchev–Trinajstić information content (AvgIpc) is 2.65. The van der Waals surface area contributed by atoms with Crippen LogP contribution in [-0.2, 0) is 4.79 Å². The van der Waals surface area contributed by atoms with Crippen molar-refractivity contribution in [1.82, 2.24) is 4.90 Å². The summed E-state index contributed by atoms with van der Waals surface area (Å²) in [5.41, 5.74) is 6.15. The van der Waals surface area contributed by atoms with Crippen molar-refractivity contribution in [3.05, 3.63) is 35.6 Å². The Balaban J connectivity index is 2.30. The molecular formula is C14H21FN2OSi. The number of hydrogen-bond donors (Lipinski definition) is 1. The highest BCUT2D eigenvalue weighted by Crippen LogP contribution is 2.34. The van der Waals surface area contributed by atoms with Crippen molar-refractivity contribution >= 4 is 14.0 Å². The van der Waals surface area contributed by atoms with Gasteiger partial charge < -0.3 is 5.73 Å². The van der Waals surface area contributed by atoms with Gasteiger partial charge in [-0.05, 0) is 25.2 Å². The molecule has 1 heterocycles. The molecule has 1 aromatic rings. The summed E-state index contributed by atoms with van der Waals surface area (Å²) >= 11 is 0. The third kappa shape index (κ3) is 2.87. The van der Waals surface area contributed by atoms with Gasteiger partial charge in [0.1, 0.15) is 5.82 Å². The summed E-state index contributed by atoms with van der Waals surface area (Å²) in [7, 11) is -1.44. The zero-order valence-electron chi connectivity index (χ0n) is 11.7. The van der Waals surface area contributed by atoms with Crippen LogP contribution in [0.4, 0.5) is 4.39 Å². The lowest BCUT2D eigenvalue weighted by Crippen LogP contribution is -2.41. The van der Waals surface area contributed by atoms with Gasteiger partial charge in [-0.1, -0.05) is 31.3 Å². The van der Waals surface area contributed by atoms with Gasteiger partial charge in [-0.25, -0.2) is 4.39 Å². The molecule has 0 spiro atoms. The molecule has 2 N–H and O–H groups in total. The fraction of sp³-hybridized carbons (Fsp3) is 0.500. The van der Waals surface area contributed by atoms with E-state index >= 15 is 0 Å². The van der Waals surface area contributed by atoms with E-state index in [0.29, 0.717) is 5.56 Å². The minimum absolute atomic E-state index is 0.118. The first-order valence-corrected chi connectivity index (χ1v) is 10.0. The predicted octanol–water partition coefficient (Wildman–Crippen LogP) is 2.30. The highest BCUT2D eigenvalue weighted by Gasteiger charge is 2.44. The van der Waals surface area contributed by atoms with Crippen LogP contribution in [0.25, 0.3) is 0 Å². The van der Waals surface area contributed by atoms with Gasteiger partial charge >= 0.3 is 0 Å². The van der Waals surface area contributed by atoms with Crippen molar-refractivity contribution in [2.75, 3.05) is 6.17 Å². The Labute approximate surface area is 114 Å². The van der Waals surface area contributed by atoms with Crippen LogP contribution in [-0.4, -0.2) is 31.1 Å². The van der Waals surface area contributed by atoms with E-state index in [0.717, 1.165) is 12.2 Å². The summed E-state index contributed by atoms with van der Waals surface area (Å²) in [6.45, 7) is 6.44. The Hall–Kier alpha value is -1.20. The molecule has 1 aromatic carbocycles. The third-order valence-electron chi connectivity index (χ3n) is 3.94. The van der Waals surface area contributed by atoms with Crippen LogP contribution in [0.5, 0.6) is 0 Å². The molecule has 1 fully saturated rings. The molecule has 2 rings (SSSR count). The van der Waals surface area contributed by atoms with Crippen LogP contribution in [0.15, 0.2) is 24.3 Å². The third-order valence-corrected chi connectivity index (χ3v) is 6.65. The van der Waals surface area contributed by atoms with Gasteiger partial charge in [-0.2, -0.15) is 0 Å². The van der Waals surface area contributed by atoms with Crippen molar-refractivity contribution in [3.8, 4) is 0 Å². The van der Waals surface area contributed by atoms with Gasteiger partial charge in [-0.3, -0.25) is 9.69 Å². The standard InChI is InChI=1S/C14H21FN2OSi/c1-10(11-6-4-5-7-12(11)15)17-9-19(2,3)8-13(17)14(16)18/h4-7,10,13H,8-9H2,1-3H3,(H2,16,18)/t10-,13?/m1/s1. The molecule has 1 aliphatic heterocycles. The van der Waals surface area contributed by atoms with E-state index in [1.54, 1.807) is 12.1 Å². The summed E-state index contributed by atoms with van der Waals surface area (Å²) in [4.78, 5) is 13.7. The lowest BCUT2D eigenvalue weighted by atomic mass is 10.1. The van der Waals surface area contributed by atoms with Crippen molar-refractivity contribution in [3.63, 3.8) is 0 Å². The van der Waals surface area contributed by atoms with Gasteiger partial charge in [0.2, 0.25) is 5.91 Å². The maximum absolute atomic E-state index is 13.9. The largest absolute Gasteiger partial charge is 0.368 e. The number of nitrogens with two attached hydrogens (primary N) is 1. The lowest BCUT2D eigenvalue weighted by molar-refractivity contribution is -0.122. The minimum atomic E-state index is -1.44. The molecule has 1 aliphatic rings. The Kier molecular flexibility index (Phi) is 3.78. The Bertz CT molecular complexity index is 492. The van der Waals surface area contributed by atoms with Crippen LogP contribution in [0, 0.1) is 5.82 Å². The summed E-state index contributed by atoms with van der Waals surface area (Å²) in [5.74, 6) is -0.508. The summed E-state index contributed by atoms with van der Waals surface area (Å²) in [6.07, 6.45) is 0.885. The van der Waals surface area contributed by atoms with Crippen LogP contribution in [0.2, 0.25) is 19.1 Å². The molecule has 1 saturated heterocycles. The van der Waals surface area contributed by atoms with Gasteiger partial charge in [0.05, 0.1) is 14.1 Å². The summed E-state index contributed by atoms with van der Waals surface area (Å²) in [6, 6.07) is 7.24. The molecule has 1 amide bonds. The number of carbonyl (C=O) groups excluding carboxylic acids is 1. The highest BCUT2D eigenvalue weighted by atomic mass is 28.3. The number of rotatable bonds is 3. The number of hydrogen-bond acceptors (Lipinski definition) is 2. The van der Waals surface area contributed by atoms with E-state index in [-0.39, 0.29) is 23.8 Å². The number of carbonyl (C=O) groups is 1. The van der Waals surface area contributed by atoms with Crippen molar-refractivity contribution in [1.29, 1.82) is 0 Å². The molecule has 0 aliphatic carbocycles. The van der Waals surface area contributed by atoms with Crippen LogP contribution in [0.1, 0.15) is 18.5 Å². The molecule has 1 unspecified atom stereocenters. The Morgan fingerprint density at radius 2 is 2.11 bits per heavy atom. The molecule has 19 heavy (non-hydrogen) atoms. The van der Waals surface area contributed by atoms with Gasteiger partial charge in [-0.15, -0.1) is 0 Å². The van der Waals surface area contributed by atoms with E-state index < -0.39 is 8.07 Å². The zero-order chi connectivity index (χ0) is 14.2. The van der Waals surface area contributed by atoms with Crippen LogP contribution in [0.3, 0.4) is 0 Å². The summed E-state index contributed by atoms with van der Waals surface area (Å²) in [5, 5.41) is 0. The Morgan fingerprint density at radius 3 is 2.68 bits per heavy atom. The van der Waals surface area contributed by atoms with Crippen molar-refractivity contribution in [2.24, 2.45) is 5.73 Å². The van der Waals surface area contributed by atoms with E-state index in [4.69, 9.17) is 5.73 Å². The molecule has 0 radical (unpaired) electrons. The highest BCUT2D eigenvalue weighted by molar-refractivity contribution is 6.78. The number of nitrogens with zero attached hydrogens (tertiary/aromatic N) is 1. The van der Waals surface area contributed by atoms with E-state index in [2.05, 4.69) is 18.0 Å². The first kappa shape index (κ1) is 14.2. The predicted molar refractivity (Wildman–Crippen MR) is 76.8 cm³/mol. The normalized spacial score (nSPS) is 24.3. The molecular weight excluding hydrogens is 259 g/mol. The average molecular weight is 280 g/mol. The number of amides is 1. The van der Waals surface area contributed by atoms with E-state index in [9.17, 15) is 9.18 Å². The molecule has 5 heteroatoms. The fourth-order valence-corrected chi connectivity index (χ4v) is 6.07. The fourth-order valence-electron chi connectivity index (χ4n) is 2.97. The molecule has 2 atom stereocenters. The van der Waals surface area contributed by atoms with Crippen LogP contribution >= 0.6 is 0 Å². The zero-order valence-corrected chi connectivity index (χ0v) is 12.7. The van der Waals surface area contributed by atoms with E-state index in [1.165, 1.54) is 6.07 Å². The van der Waals surface area contributed by atoms with Crippen LogP contribution < -0.4 is 5.73 Å². The second-order valence-electron chi connectivity index (χ2n) is 6.16.